The van der Waals surface area contributed by atoms with Crippen molar-refractivity contribution >= 4 is 43.6 Å². The number of hydrogen-bond acceptors (Lipinski definition) is 3. The largest absolute Gasteiger partial charge is 0.309 e. The van der Waals surface area contributed by atoms with Crippen molar-refractivity contribution in [3.8, 4) is 63.0 Å². The summed E-state index contributed by atoms with van der Waals surface area (Å²) in [6.45, 7) is 0. The number of rotatable bonds is 5. The fourth-order valence-corrected chi connectivity index (χ4v) is 8.27. The van der Waals surface area contributed by atoms with Crippen molar-refractivity contribution in [2.75, 3.05) is 0 Å². The van der Waals surface area contributed by atoms with E-state index < -0.39 is 0 Å². The van der Waals surface area contributed by atoms with Gasteiger partial charge in [0.15, 0.2) is 0 Å². The molecule has 56 heavy (non-hydrogen) atoms. The number of nitriles is 3. The van der Waals surface area contributed by atoms with Crippen molar-refractivity contribution in [1.29, 1.82) is 15.8 Å². The van der Waals surface area contributed by atoms with Gasteiger partial charge in [0.2, 0.25) is 0 Å². The Kier molecular flexibility index (Phi) is 7.57. The molecule has 0 unspecified atom stereocenters. The van der Waals surface area contributed by atoms with Crippen LogP contribution in [0.3, 0.4) is 0 Å². The van der Waals surface area contributed by atoms with E-state index in [0.29, 0.717) is 27.9 Å². The van der Waals surface area contributed by atoms with E-state index in [1.165, 1.54) is 0 Å². The Morgan fingerprint density at radius 1 is 0.321 bits per heavy atom. The summed E-state index contributed by atoms with van der Waals surface area (Å²) in [6.07, 6.45) is 0. The predicted molar refractivity (Wildman–Crippen MR) is 226 cm³/mol. The number of fused-ring (bicyclic) bond motifs is 6. The van der Waals surface area contributed by atoms with Gasteiger partial charge in [-0.05, 0) is 94.5 Å². The van der Waals surface area contributed by atoms with E-state index in [1.54, 1.807) is 6.07 Å². The first kappa shape index (κ1) is 32.5. The third-order valence-electron chi connectivity index (χ3n) is 10.8. The number of aromatic nitrogens is 2. The molecule has 0 N–H and O–H groups in total. The molecule has 10 rings (SSSR count). The van der Waals surface area contributed by atoms with Crippen molar-refractivity contribution in [2.45, 2.75) is 0 Å². The highest BCUT2D eigenvalue weighted by Crippen LogP contribution is 2.42. The van der Waals surface area contributed by atoms with Crippen molar-refractivity contribution in [3.63, 3.8) is 0 Å². The first-order chi connectivity index (χ1) is 27.6. The van der Waals surface area contributed by atoms with Crippen LogP contribution in [-0.2, 0) is 0 Å². The molecule has 2 aromatic heterocycles. The van der Waals surface area contributed by atoms with Crippen LogP contribution in [0.4, 0.5) is 0 Å². The first-order valence-corrected chi connectivity index (χ1v) is 18.4. The quantitative estimate of drug-likeness (QED) is 0.178. The second-order valence-electron chi connectivity index (χ2n) is 13.9. The molecule has 258 valence electrons. The van der Waals surface area contributed by atoms with Crippen molar-refractivity contribution in [1.82, 2.24) is 9.13 Å². The number of hydrogen-bond donors (Lipinski definition) is 0. The van der Waals surface area contributed by atoms with Crippen LogP contribution in [0.1, 0.15) is 16.7 Å². The fourth-order valence-electron chi connectivity index (χ4n) is 8.27. The molecule has 5 heteroatoms. The van der Waals surface area contributed by atoms with Crippen LogP contribution >= 0.6 is 0 Å². The maximum absolute atomic E-state index is 11.0. The van der Waals surface area contributed by atoms with Crippen LogP contribution in [0.5, 0.6) is 0 Å². The average molecular weight is 712 g/mol. The van der Waals surface area contributed by atoms with Gasteiger partial charge in [-0.15, -0.1) is 0 Å². The Labute approximate surface area is 323 Å². The summed E-state index contributed by atoms with van der Waals surface area (Å²) >= 11 is 0. The highest BCUT2D eigenvalue weighted by Gasteiger charge is 2.22. The molecule has 0 amide bonds. The Hall–Kier alpha value is -8.17. The van der Waals surface area contributed by atoms with Crippen LogP contribution in [0.2, 0.25) is 0 Å². The van der Waals surface area contributed by atoms with Gasteiger partial charge < -0.3 is 9.13 Å². The Morgan fingerprint density at radius 2 is 0.786 bits per heavy atom. The monoisotopic (exact) mass is 711 g/mol. The molecule has 0 bridgehead atoms. The first-order valence-electron chi connectivity index (χ1n) is 18.4. The van der Waals surface area contributed by atoms with Gasteiger partial charge in [-0.25, -0.2) is 0 Å². The zero-order chi connectivity index (χ0) is 37.8. The Morgan fingerprint density at radius 3 is 1.29 bits per heavy atom. The highest BCUT2D eigenvalue weighted by atomic mass is 15.0. The van der Waals surface area contributed by atoms with Gasteiger partial charge in [0.25, 0.3) is 0 Å². The molecule has 0 atom stereocenters. The third kappa shape index (κ3) is 5.14. The fraction of sp³-hybridized carbons (Fsp3) is 0. The van der Waals surface area contributed by atoms with Gasteiger partial charge in [-0.3, -0.25) is 0 Å². The smallest absolute Gasteiger partial charge is 0.101 e. The van der Waals surface area contributed by atoms with Gasteiger partial charge in [0.1, 0.15) is 6.07 Å². The molecule has 0 radical (unpaired) electrons. The molecular weight excluding hydrogens is 683 g/mol. The maximum Gasteiger partial charge on any atom is 0.101 e. The van der Waals surface area contributed by atoms with E-state index in [0.717, 1.165) is 77.1 Å². The summed E-state index contributed by atoms with van der Waals surface area (Å²) in [5.74, 6) is 0. The lowest BCUT2D eigenvalue weighted by atomic mass is 9.96. The average Bonchev–Trinajstić information content (AvgIpc) is 3.78. The molecule has 0 saturated carbocycles. The zero-order valence-corrected chi connectivity index (χ0v) is 30.0. The SMILES string of the molecule is N#Cc1cc(C#N)cc(-c2cc(-n3c4ccccc4c4cc(-c5ccccc5)ccc43)c(C#N)cc2-n2c3ccccc3c3cc(-c4ccccc4)ccc32)c1. The summed E-state index contributed by atoms with van der Waals surface area (Å²) in [5.41, 5.74) is 12.6. The molecular formula is C51H29N5. The molecule has 2 heterocycles. The van der Waals surface area contributed by atoms with Crippen LogP contribution in [0, 0.1) is 34.0 Å². The predicted octanol–water partition coefficient (Wildman–Crippen LogP) is 12.5. The summed E-state index contributed by atoms with van der Waals surface area (Å²) in [7, 11) is 0. The van der Waals surface area contributed by atoms with Crippen LogP contribution in [0.25, 0.3) is 88.4 Å². The number of para-hydroxylation sites is 2. The van der Waals surface area contributed by atoms with Gasteiger partial charge in [-0.2, -0.15) is 15.8 Å². The number of nitrogens with zero attached hydrogens (tertiary/aromatic N) is 5. The molecule has 0 saturated heterocycles. The van der Waals surface area contributed by atoms with Crippen molar-refractivity contribution in [3.05, 3.63) is 193 Å². The summed E-state index contributed by atoms with van der Waals surface area (Å²) in [5, 5.41) is 35.5. The van der Waals surface area contributed by atoms with Gasteiger partial charge in [0.05, 0.1) is 62.3 Å². The molecule has 0 aliphatic rings. The lowest BCUT2D eigenvalue weighted by Crippen LogP contribution is -2.04. The minimum Gasteiger partial charge on any atom is -0.309 e. The Balaban J connectivity index is 1.30. The summed E-state index contributed by atoms with van der Waals surface area (Å²) in [4.78, 5) is 0. The minimum atomic E-state index is 0.385. The van der Waals surface area contributed by atoms with Crippen molar-refractivity contribution < 1.29 is 0 Å². The summed E-state index contributed by atoms with van der Waals surface area (Å²) < 4.78 is 4.38. The van der Waals surface area contributed by atoms with E-state index in [2.05, 4.69) is 118 Å². The third-order valence-corrected chi connectivity index (χ3v) is 10.8. The molecule has 5 nitrogen and oxygen atoms in total. The highest BCUT2D eigenvalue weighted by molar-refractivity contribution is 6.12. The lowest BCUT2D eigenvalue weighted by Gasteiger charge is -2.19. The minimum absolute atomic E-state index is 0.385. The molecule has 0 aliphatic heterocycles. The van der Waals surface area contributed by atoms with E-state index in [1.807, 2.05) is 78.9 Å². The van der Waals surface area contributed by atoms with E-state index in [4.69, 9.17) is 0 Å². The van der Waals surface area contributed by atoms with Crippen LogP contribution in [0.15, 0.2) is 176 Å². The topological polar surface area (TPSA) is 81.2 Å². The standard InChI is InChI=1S/C51H29N5/c52-30-33-23-34(31-53)25-39(24-33)43-29-50(55-46-17-9-7-15-41(46)44-26-37(19-21-48(44)55)35-11-3-1-4-12-35)40(32-54)28-51(43)56-47-18-10-8-16-42(47)45-27-38(20-22-49(45)56)36-13-5-2-6-14-36/h1-29H. The van der Waals surface area contributed by atoms with Crippen molar-refractivity contribution in [2.24, 2.45) is 0 Å². The second kappa shape index (κ2) is 13.0. The molecule has 0 fully saturated rings. The molecule has 0 spiro atoms. The van der Waals surface area contributed by atoms with Crippen LogP contribution in [-0.4, -0.2) is 9.13 Å². The summed E-state index contributed by atoms with van der Waals surface area (Å²) in [6, 6.07) is 66.6. The lowest BCUT2D eigenvalue weighted by molar-refractivity contribution is 1.14. The number of benzene rings is 8. The molecule has 0 aliphatic carbocycles. The van der Waals surface area contributed by atoms with Gasteiger partial charge in [0, 0.05) is 27.1 Å². The van der Waals surface area contributed by atoms with E-state index in [-0.39, 0.29) is 0 Å². The van der Waals surface area contributed by atoms with E-state index in [9.17, 15) is 15.8 Å². The van der Waals surface area contributed by atoms with Crippen LogP contribution < -0.4 is 0 Å². The van der Waals surface area contributed by atoms with Gasteiger partial charge >= 0.3 is 0 Å². The molecule has 8 aromatic carbocycles. The van der Waals surface area contributed by atoms with Gasteiger partial charge in [-0.1, -0.05) is 109 Å². The maximum atomic E-state index is 11.0. The Bertz CT molecular complexity index is 3300. The molecule has 10 aromatic rings. The van der Waals surface area contributed by atoms with E-state index >= 15 is 0 Å². The zero-order valence-electron chi connectivity index (χ0n) is 30.0. The normalized spacial score (nSPS) is 11.2. The second-order valence-corrected chi connectivity index (χ2v) is 13.9.